The molecule has 3 unspecified atom stereocenters. The molecular formula is C75H119N11O27S2. The molecule has 0 saturated carbocycles. The number of aliphatic hydroxyl groups is 3. The summed E-state index contributed by atoms with van der Waals surface area (Å²) in [7, 11) is -0.964. The van der Waals surface area contributed by atoms with Crippen molar-refractivity contribution in [3.63, 3.8) is 0 Å². The highest BCUT2D eigenvalue weighted by Gasteiger charge is 2.46. The first-order valence-corrected chi connectivity index (χ1v) is 41.4. The number of hydrogen-bond donors (Lipinski definition) is 12. The molecule has 9 amide bonds. The van der Waals surface area contributed by atoms with Gasteiger partial charge in [0.2, 0.25) is 53.2 Å². The van der Waals surface area contributed by atoms with E-state index in [-0.39, 0.29) is 66.7 Å². The Kier molecular flexibility index (Phi) is 44.6. The lowest BCUT2D eigenvalue weighted by Crippen LogP contribution is -2.60. The number of rotatable bonds is 49. The Morgan fingerprint density at radius 2 is 1.23 bits per heavy atom. The van der Waals surface area contributed by atoms with Crippen molar-refractivity contribution in [2.75, 3.05) is 203 Å². The van der Waals surface area contributed by atoms with Crippen LogP contribution in [0.1, 0.15) is 77.3 Å². The topological polar surface area (TPSA) is 523 Å². The Bertz CT molecular complexity index is 3500. The average Bonchev–Trinajstić information content (AvgIpc) is 1.62. The van der Waals surface area contributed by atoms with Gasteiger partial charge in [0.1, 0.15) is 28.9 Å². The zero-order valence-electron chi connectivity index (χ0n) is 66.5. The fourth-order valence-corrected chi connectivity index (χ4v) is 15.1. The predicted octanol–water partition coefficient (Wildman–Crippen LogP) is -3.24. The van der Waals surface area contributed by atoms with Crippen molar-refractivity contribution < 1.29 is 129 Å². The normalized spacial score (nSPS) is 22.8. The van der Waals surface area contributed by atoms with Gasteiger partial charge in [0.15, 0.2) is 11.6 Å². The first-order valence-electron chi connectivity index (χ1n) is 39.0. The highest BCUT2D eigenvalue weighted by molar-refractivity contribution is 7.98. The molecule has 6 rings (SSSR count). The summed E-state index contributed by atoms with van der Waals surface area (Å²) < 4.78 is 82.7. The van der Waals surface area contributed by atoms with Crippen molar-refractivity contribution >= 4 is 98.2 Å². The smallest absolute Gasteiger partial charge is 0.246 e. The third-order valence-corrected chi connectivity index (χ3v) is 21.9. The molecule has 2 bridgehead atoms. The van der Waals surface area contributed by atoms with E-state index >= 15 is 9.00 Å². The maximum absolute atomic E-state index is 15.4. The number of H-pyrrole nitrogens is 1. The Labute approximate surface area is 676 Å². The van der Waals surface area contributed by atoms with Crippen LogP contribution in [0, 0.1) is 29.6 Å². The SMILES string of the molecule is CC[C@H](C)[C@@H]1CC(=O)CNC(=O)[C@H]2CC(=O)[C@H]([C@@H](C)[C@@H](O)CO)NC(=O)[C@@H]3C[C@@H](O)CN3C(=O)[C@H](CC(N)=O)NC(=O)C(CS(=O)c3[nH]c4c(CSCCOCCOCCOCCOCCOCCOCCOCCOCCOCCOCCOCCN/C=C(\N)CN5C(=O)CC(C)C5=O)c(OC)ccc4c3C2)NC(=O)CNC1=O. The first-order chi connectivity index (χ1) is 55.4. The van der Waals surface area contributed by atoms with Crippen LogP contribution in [0.4, 0.5) is 0 Å². The zero-order chi connectivity index (χ0) is 83.6. The number of likely N-dealkylation sites (tertiary alicyclic amines) is 1. The van der Waals surface area contributed by atoms with E-state index in [0.717, 1.165) is 4.90 Å². The minimum atomic E-state index is -2.41. The second-order valence-electron chi connectivity index (χ2n) is 28.1. The lowest BCUT2D eigenvalue weighted by molar-refractivity contribution is -0.144. The molecule has 40 heteroatoms. The number of nitrogens with zero attached hydrogens (tertiary/aromatic N) is 2. The quantitative estimate of drug-likeness (QED) is 0.0229. The molecule has 1 aromatic heterocycles. The summed E-state index contributed by atoms with van der Waals surface area (Å²) in [5.41, 5.74) is 13.1. The highest BCUT2D eigenvalue weighted by Crippen LogP contribution is 2.37. The number of ketones is 2. The second-order valence-corrected chi connectivity index (χ2v) is 30.6. The molecule has 2 saturated heterocycles. The van der Waals surface area contributed by atoms with Gasteiger partial charge >= 0.3 is 0 Å². The van der Waals surface area contributed by atoms with E-state index in [0.29, 0.717) is 179 Å². The lowest BCUT2D eigenvalue weighted by Gasteiger charge is -2.32. The van der Waals surface area contributed by atoms with E-state index in [1.807, 2.05) is 0 Å². The van der Waals surface area contributed by atoms with Gasteiger partial charge < -0.3 is 125 Å². The van der Waals surface area contributed by atoms with Crippen LogP contribution in [0.15, 0.2) is 29.1 Å². The zero-order valence-corrected chi connectivity index (χ0v) is 68.1. The molecule has 2 aromatic rings. The van der Waals surface area contributed by atoms with Crippen molar-refractivity contribution in [1.82, 2.24) is 46.7 Å². The van der Waals surface area contributed by atoms with Gasteiger partial charge in [-0.05, 0) is 30.0 Å². The Balaban J connectivity index is 0.918. The third-order valence-electron chi connectivity index (χ3n) is 19.5. The standard InChI is InChI=1S/C75H119N11O27S2/c1-6-47(2)55-36-52(88)40-79-69(95)50-34-56-54-7-8-63(102-5)57(68(54)84-73(56)115(101)46-59(81-65(93)41-80-70(55)96)71(97)82-58(38-64(77)92)75(100)85-43-53(89)37-60(85)72(98)83-67(61(90)35-50)49(4)62(91)44-87)45-114-32-31-113-30-29-112-28-27-111-26-25-110-24-23-109-22-21-108-20-19-107-18-17-106-16-15-105-14-13-104-12-11-103-10-9-78-39-51(76)42-86-66(94)33-48(3)74(86)99/h7-8,39,47-50,53,55,58-60,62,67,78,84,87,89,91H,6,9-38,40-46,76H2,1-5H3,(H2,77,92)(H,79,95)(H,80,96)(H,81,93)(H,82,97)(H,83,98)/b51-39-/t47-,48?,49-,50+,53+,55-,58-,59?,60-,62-,67-,115?/m0/s1. The van der Waals surface area contributed by atoms with Gasteiger partial charge in [-0.2, -0.15) is 11.8 Å². The monoisotopic (exact) mass is 1670 g/mol. The van der Waals surface area contributed by atoms with Crippen LogP contribution in [0.25, 0.3) is 10.9 Å². The summed E-state index contributed by atoms with van der Waals surface area (Å²) in [5.74, 6) is -12.9. The van der Waals surface area contributed by atoms with E-state index in [2.05, 4.69) is 36.9 Å². The van der Waals surface area contributed by atoms with E-state index < -0.39 is 181 Å². The maximum atomic E-state index is 15.4. The molecule has 2 fully saturated rings. The molecule has 4 aliphatic heterocycles. The largest absolute Gasteiger partial charge is 0.496 e. The average molecular weight is 1670 g/mol. The Morgan fingerprint density at radius 3 is 1.76 bits per heavy atom. The number of aliphatic hydroxyl groups excluding tert-OH is 3. The van der Waals surface area contributed by atoms with Gasteiger partial charge in [0, 0.05) is 96.8 Å². The van der Waals surface area contributed by atoms with Gasteiger partial charge in [0.25, 0.3) is 0 Å². The van der Waals surface area contributed by atoms with Crippen molar-refractivity contribution in [3.8, 4) is 5.75 Å². The number of ether oxygens (including phenoxy) is 12. The summed E-state index contributed by atoms with van der Waals surface area (Å²) in [6.07, 6.45) is -3.59. The molecular weight excluding hydrogens is 1550 g/mol. The summed E-state index contributed by atoms with van der Waals surface area (Å²) in [6.45, 7) is 12.8. The third kappa shape index (κ3) is 33.1. The van der Waals surface area contributed by atoms with Crippen molar-refractivity contribution in [3.05, 3.63) is 35.2 Å². The number of Topliss-reactive ketones (excluding diaryl/α,β-unsaturated/α-hetero) is 2. The van der Waals surface area contributed by atoms with Crippen molar-refractivity contribution in [2.24, 2.45) is 41.1 Å². The van der Waals surface area contributed by atoms with Gasteiger partial charge in [-0.3, -0.25) is 61.8 Å². The number of carbonyl (C=O) groups excluding carboxylic acids is 11. The number of amides is 9. The number of aromatic amines is 1. The fourth-order valence-electron chi connectivity index (χ4n) is 12.9. The molecule has 12 atom stereocenters. The highest BCUT2D eigenvalue weighted by atomic mass is 32.2. The van der Waals surface area contributed by atoms with Crippen LogP contribution in [0.2, 0.25) is 0 Å². The minimum Gasteiger partial charge on any atom is -0.496 e. The first kappa shape index (κ1) is 96.4. The predicted molar refractivity (Wildman–Crippen MR) is 415 cm³/mol. The molecule has 0 spiro atoms. The summed E-state index contributed by atoms with van der Waals surface area (Å²) >= 11 is 1.45. The number of aromatic nitrogens is 1. The Hall–Kier alpha value is -7.39. The van der Waals surface area contributed by atoms with Gasteiger partial charge in [0.05, 0.1) is 225 Å². The van der Waals surface area contributed by atoms with Crippen LogP contribution in [0.3, 0.4) is 0 Å². The van der Waals surface area contributed by atoms with Crippen molar-refractivity contribution in [1.29, 1.82) is 0 Å². The molecule has 5 heterocycles. The number of carbonyl (C=O) groups is 11. The molecule has 648 valence electrons. The molecule has 0 radical (unpaired) electrons. The lowest BCUT2D eigenvalue weighted by atomic mass is 9.85. The number of thioether (sulfide) groups is 1. The molecule has 4 aliphatic rings. The number of nitrogens with one attached hydrogen (secondary N) is 7. The van der Waals surface area contributed by atoms with Gasteiger partial charge in [-0.15, -0.1) is 0 Å². The van der Waals surface area contributed by atoms with Gasteiger partial charge in [-0.1, -0.05) is 34.1 Å². The number of methoxy groups -OCH3 is 1. The number of benzene rings is 1. The van der Waals surface area contributed by atoms with E-state index in [9.17, 15) is 63.3 Å². The van der Waals surface area contributed by atoms with E-state index in [1.54, 1.807) is 39.1 Å². The van der Waals surface area contributed by atoms with Crippen LogP contribution >= 0.6 is 11.8 Å². The molecule has 14 N–H and O–H groups in total. The van der Waals surface area contributed by atoms with E-state index in [1.165, 1.54) is 30.7 Å². The van der Waals surface area contributed by atoms with Crippen LogP contribution < -0.4 is 48.1 Å². The van der Waals surface area contributed by atoms with E-state index in [4.69, 9.17) is 68.3 Å². The van der Waals surface area contributed by atoms with Crippen molar-refractivity contribution in [2.45, 2.75) is 120 Å². The number of nitrogens with two attached hydrogens (primary N) is 2. The summed E-state index contributed by atoms with van der Waals surface area (Å²) in [6, 6.07) is -3.67. The number of primary amides is 1. The molecule has 0 aliphatic carbocycles. The fraction of sp³-hybridized carbons (Fsp3) is 0.720. The number of fused-ring (bicyclic) bond motifs is 5. The van der Waals surface area contributed by atoms with Gasteiger partial charge in [-0.25, -0.2) is 0 Å². The number of imide groups is 1. The van der Waals surface area contributed by atoms with Crippen LogP contribution in [-0.2, 0) is 128 Å². The molecule has 38 nitrogen and oxygen atoms in total. The van der Waals surface area contributed by atoms with Crippen LogP contribution in [-0.4, -0.2) is 339 Å². The molecule has 1 aromatic carbocycles. The Morgan fingerprint density at radius 1 is 0.687 bits per heavy atom. The summed E-state index contributed by atoms with van der Waals surface area (Å²) in [4.78, 5) is 157. The summed E-state index contributed by atoms with van der Waals surface area (Å²) in [5, 5.41) is 48.1. The second kappa shape index (κ2) is 53.1. The maximum Gasteiger partial charge on any atom is 0.246 e. The minimum absolute atomic E-state index is 0.0702. The van der Waals surface area contributed by atoms with Crippen LogP contribution in [0.5, 0.6) is 5.75 Å². The molecule has 115 heavy (non-hydrogen) atoms. The number of hydrogen-bond acceptors (Lipinski definition) is 30.